The molecule has 1 aromatic carbocycles. The van der Waals surface area contributed by atoms with Crippen molar-refractivity contribution in [2.24, 2.45) is 5.73 Å². The molecule has 2 aliphatic heterocycles. The van der Waals surface area contributed by atoms with Gasteiger partial charge in [-0.1, -0.05) is 6.07 Å². The SMILES string of the molecule is CC(C)Oc1cccc(C(=O)N2C3CCC2CC(N)C3)c1. The number of piperidine rings is 1. The van der Waals surface area contributed by atoms with E-state index in [9.17, 15) is 4.79 Å². The summed E-state index contributed by atoms with van der Waals surface area (Å²) in [6.45, 7) is 3.97. The number of fused-ring (bicyclic) bond motifs is 2. The van der Waals surface area contributed by atoms with E-state index in [-0.39, 0.29) is 18.1 Å². The fraction of sp³-hybridized carbons (Fsp3) is 0.588. The number of carbonyl (C=O) groups excluding carboxylic acids is 1. The van der Waals surface area contributed by atoms with E-state index in [0.717, 1.165) is 37.0 Å². The summed E-state index contributed by atoms with van der Waals surface area (Å²) in [7, 11) is 0. The minimum absolute atomic E-state index is 0.111. The number of nitrogens with zero attached hydrogens (tertiary/aromatic N) is 1. The molecule has 2 aliphatic rings. The van der Waals surface area contributed by atoms with E-state index in [4.69, 9.17) is 10.5 Å². The normalized spacial score (nSPS) is 28.0. The molecule has 0 aliphatic carbocycles. The molecule has 0 aromatic heterocycles. The average Bonchev–Trinajstić information content (AvgIpc) is 2.69. The maximum atomic E-state index is 12.8. The zero-order chi connectivity index (χ0) is 15.0. The monoisotopic (exact) mass is 288 g/mol. The van der Waals surface area contributed by atoms with Crippen LogP contribution in [-0.2, 0) is 0 Å². The van der Waals surface area contributed by atoms with Gasteiger partial charge in [-0.05, 0) is 57.7 Å². The Morgan fingerprint density at radius 1 is 1.29 bits per heavy atom. The molecule has 2 unspecified atom stereocenters. The minimum Gasteiger partial charge on any atom is -0.491 e. The Labute approximate surface area is 126 Å². The number of ether oxygens (including phenoxy) is 1. The first kappa shape index (κ1) is 14.4. The highest BCUT2D eigenvalue weighted by atomic mass is 16.5. The summed E-state index contributed by atoms with van der Waals surface area (Å²) in [4.78, 5) is 14.9. The van der Waals surface area contributed by atoms with Crippen molar-refractivity contribution in [2.75, 3.05) is 0 Å². The van der Waals surface area contributed by atoms with Crippen LogP contribution in [-0.4, -0.2) is 35.0 Å². The van der Waals surface area contributed by atoms with Crippen LogP contribution in [0.2, 0.25) is 0 Å². The molecule has 0 radical (unpaired) electrons. The first-order valence-electron chi connectivity index (χ1n) is 7.89. The van der Waals surface area contributed by atoms with Gasteiger partial charge in [0.1, 0.15) is 5.75 Å². The summed E-state index contributed by atoms with van der Waals surface area (Å²) in [5.74, 6) is 0.889. The number of nitrogens with two attached hydrogens (primary N) is 1. The summed E-state index contributed by atoms with van der Waals surface area (Å²) >= 11 is 0. The zero-order valence-electron chi connectivity index (χ0n) is 12.8. The van der Waals surface area contributed by atoms with Gasteiger partial charge in [-0.15, -0.1) is 0 Å². The summed E-state index contributed by atoms with van der Waals surface area (Å²) < 4.78 is 5.69. The van der Waals surface area contributed by atoms with Gasteiger partial charge in [0.15, 0.2) is 0 Å². The maximum absolute atomic E-state index is 12.8. The van der Waals surface area contributed by atoms with E-state index in [1.807, 2.05) is 38.1 Å². The third-order valence-corrected chi connectivity index (χ3v) is 4.46. The molecule has 0 spiro atoms. The summed E-state index contributed by atoms with van der Waals surface area (Å²) in [5, 5.41) is 0. The zero-order valence-corrected chi connectivity index (χ0v) is 12.8. The molecule has 2 N–H and O–H groups in total. The number of benzene rings is 1. The van der Waals surface area contributed by atoms with Gasteiger partial charge < -0.3 is 15.4 Å². The molecule has 2 atom stereocenters. The van der Waals surface area contributed by atoms with Crippen molar-refractivity contribution in [1.29, 1.82) is 0 Å². The van der Waals surface area contributed by atoms with Crippen molar-refractivity contribution in [3.05, 3.63) is 29.8 Å². The van der Waals surface area contributed by atoms with Crippen molar-refractivity contribution >= 4 is 5.91 Å². The van der Waals surface area contributed by atoms with Crippen LogP contribution in [0, 0.1) is 0 Å². The molecule has 1 aromatic rings. The Hall–Kier alpha value is -1.55. The molecule has 2 fully saturated rings. The van der Waals surface area contributed by atoms with Crippen LogP contribution in [0.1, 0.15) is 49.9 Å². The van der Waals surface area contributed by atoms with E-state index in [2.05, 4.69) is 4.90 Å². The molecule has 4 heteroatoms. The van der Waals surface area contributed by atoms with Crippen molar-refractivity contribution in [2.45, 2.75) is 63.8 Å². The first-order valence-corrected chi connectivity index (χ1v) is 7.89. The van der Waals surface area contributed by atoms with Gasteiger partial charge >= 0.3 is 0 Å². The van der Waals surface area contributed by atoms with Crippen molar-refractivity contribution in [3.63, 3.8) is 0 Å². The first-order chi connectivity index (χ1) is 10.0. The van der Waals surface area contributed by atoms with Gasteiger partial charge in [0.05, 0.1) is 6.10 Å². The molecule has 4 nitrogen and oxygen atoms in total. The highest BCUT2D eigenvalue weighted by molar-refractivity contribution is 5.95. The highest BCUT2D eigenvalue weighted by Gasteiger charge is 2.42. The Kier molecular flexibility index (Phi) is 3.89. The Balaban J connectivity index is 1.79. The molecule has 114 valence electrons. The lowest BCUT2D eigenvalue weighted by molar-refractivity contribution is 0.0574. The van der Waals surface area contributed by atoms with Crippen LogP contribution in [0.25, 0.3) is 0 Å². The summed E-state index contributed by atoms with van der Waals surface area (Å²) in [5.41, 5.74) is 6.80. The Morgan fingerprint density at radius 3 is 2.57 bits per heavy atom. The number of hydrogen-bond donors (Lipinski definition) is 1. The van der Waals surface area contributed by atoms with E-state index < -0.39 is 0 Å². The molecule has 1 amide bonds. The van der Waals surface area contributed by atoms with Crippen LogP contribution >= 0.6 is 0 Å². The van der Waals surface area contributed by atoms with E-state index in [1.165, 1.54) is 0 Å². The molecule has 21 heavy (non-hydrogen) atoms. The number of carbonyl (C=O) groups is 1. The maximum Gasteiger partial charge on any atom is 0.254 e. The van der Waals surface area contributed by atoms with E-state index >= 15 is 0 Å². The number of rotatable bonds is 3. The van der Waals surface area contributed by atoms with Gasteiger partial charge in [0.25, 0.3) is 5.91 Å². The fourth-order valence-corrected chi connectivity index (χ4v) is 3.67. The third-order valence-electron chi connectivity index (χ3n) is 4.46. The molecule has 2 saturated heterocycles. The largest absolute Gasteiger partial charge is 0.491 e. The van der Waals surface area contributed by atoms with Crippen molar-refractivity contribution in [1.82, 2.24) is 4.90 Å². The molecular weight excluding hydrogens is 264 g/mol. The summed E-state index contributed by atoms with van der Waals surface area (Å²) in [6, 6.07) is 8.42. The number of amides is 1. The van der Waals surface area contributed by atoms with E-state index in [1.54, 1.807) is 0 Å². The van der Waals surface area contributed by atoms with Crippen molar-refractivity contribution in [3.8, 4) is 5.75 Å². The lowest BCUT2D eigenvalue weighted by Crippen LogP contribution is -2.50. The molecule has 2 bridgehead atoms. The summed E-state index contributed by atoms with van der Waals surface area (Å²) in [6.07, 6.45) is 4.16. The lowest BCUT2D eigenvalue weighted by atomic mass is 9.97. The molecule has 0 saturated carbocycles. The van der Waals surface area contributed by atoms with Gasteiger partial charge in [-0.3, -0.25) is 4.79 Å². The third kappa shape index (κ3) is 2.91. The van der Waals surface area contributed by atoms with Crippen LogP contribution in [0.3, 0.4) is 0 Å². The second-order valence-corrected chi connectivity index (χ2v) is 6.52. The van der Waals surface area contributed by atoms with E-state index in [0.29, 0.717) is 12.1 Å². The molecule has 3 rings (SSSR count). The molecule has 2 heterocycles. The standard InChI is InChI=1S/C17H24N2O2/c1-11(2)21-16-5-3-4-12(8-16)17(20)19-14-6-7-15(19)10-13(18)9-14/h3-5,8,11,13-15H,6-7,9-10,18H2,1-2H3. The topological polar surface area (TPSA) is 55.6 Å². The van der Waals surface area contributed by atoms with Crippen LogP contribution in [0.4, 0.5) is 0 Å². The lowest BCUT2D eigenvalue weighted by Gasteiger charge is -2.37. The Bertz CT molecular complexity index is 515. The average molecular weight is 288 g/mol. The fourth-order valence-electron chi connectivity index (χ4n) is 3.67. The number of hydrogen-bond acceptors (Lipinski definition) is 3. The highest BCUT2D eigenvalue weighted by Crippen LogP contribution is 2.36. The van der Waals surface area contributed by atoms with Gasteiger partial charge in [0.2, 0.25) is 0 Å². The molecular formula is C17H24N2O2. The van der Waals surface area contributed by atoms with Crippen LogP contribution < -0.4 is 10.5 Å². The van der Waals surface area contributed by atoms with Gasteiger partial charge in [0, 0.05) is 23.7 Å². The smallest absolute Gasteiger partial charge is 0.254 e. The van der Waals surface area contributed by atoms with Crippen LogP contribution in [0.15, 0.2) is 24.3 Å². The van der Waals surface area contributed by atoms with Gasteiger partial charge in [-0.2, -0.15) is 0 Å². The second-order valence-electron chi connectivity index (χ2n) is 6.52. The van der Waals surface area contributed by atoms with Crippen LogP contribution in [0.5, 0.6) is 5.75 Å². The van der Waals surface area contributed by atoms with Crippen molar-refractivity contribution < 1.29 is 9.53 Å². The second kappa shape index (κ2) is 5.68. The van der Waals surface area contributed by atoms with Gasteiger partial charge in [-0.25, -0.2) is 0 Å². The Morgan fingerprint density at radius 2 is 1.95 bits per heavy atom. The predicted molar refractivity (Wildman–Crippen MR) is 82.4 cm³/mol. The predicted octanol–water partition coefficient (Wildman–Crippen LogP) is 2.57. The quantitative estimate of drug-likeness (QED) is 0.930. The minimum atomic E-state index is 0.111.